The van der Waals surface area contributed by atoms with Crippen molar-refractivity contribution in [2.24, 2.45) is 12.0 Å². The van der Waals surface area contributed by atoms with Crippen molar-refractivity contribution in [1.82, 2.24) is 24.0 Å². The van der Waals surface area contributed by atoms with Gasteiger partial charge in [0.25, 0.3) is 5.56 Å². The molecule has 1 saturated heterocycles. The van der Waals surface area contributed by atoms with Crippen molar-refractivity contribution in [3.63, 3.8) is 0 Å². The second kappa shape index (κ2) is 12.5. The Hall–Kier alpha value is -5.31. The van der Waals surface area contributed by atoms with Crippen LogP contribution in [0.15, 0.2) is 57.0 Å². The minimum absolute atomic E-state index is 0.0822. The van der Waals surface area contributed by atoms with Crippen LogP contribution in [0.25, 0.3) is 11.2 Å². The number of hydrogen-bond donors (Lipinski definition) is 1. The number of rotatable bonds is 5. The highest BCUT2D eigenvalue weighted by molar-refractivity contribution is 6.05. The number of imidazole rings is 1. The summed E-state index contributed by atoms with van der Waals surface area (Å²) in [7, 11) is 1.61. The highest BCUT2D eigenvalue weighted by atomic mass is 16.6. The minimum atomic E-state index is -0.616. The van der Waals surface area contributed by atoms with E-state index in [0.717, 1.165) is 18.4 Å². The number of amides is 1. The fourth-order valence-corrected chi connectivity index (χ4v) is 5.99. The Balaban J connectivity index is 1.44. The van der Waals surface area contributed by atoms with E-state index in [1.165, 1.54) is 9.13 Å². The standard InChI is InChI=1S/C35H39N7O5/c1-7-8-18-41-29-30(38-32(41)40-17-11-12-23(20-40)36-33(44)47-35(3,4)5)39(6)34(45)42(31(29)43)21-26-24-19-22(2)15-16-27(24)46-28-14-10-9-13-25(28)37-26/h9-10,13-16,19,23H,11-12,17-18,20-21H2,1-6H3,(H,36,44). The molecule has 2 aliphatic rings. The number of para-hydroxylation sites is 2. The second-order valence-corrected chi connectivity index (χ2v) is 12.9. The molecular weight excluding hydrogens is 598 g/mol. The molecule has 1 fully saturated rings. The quantitative estimate of drug-likeness (QED) is 0.316. The fourth-order valence-electron chi connectivity index (χ4n) is 5.99. The molecule has 6 rings (SSSR count). The van der Waals surface area contributed by atoms with Crippen LogP contribution in [0.1, 0.15) is 51.7 Å². The van der Waals surface area contributed by atoms with E-state index in [0.29, 0.717) is 47.5 Å². The first kappa shape index (κ1) is 31.7. The Labute approximate surface area is 272 Å². The Morgan fingerprint density at radius 1 is 1.13 bits per heavy atom. The van der Waals surface area contributed by atoms with E-state index in [4.69, 9.17) is 19.5 Å². The summed E-state index contributed by atoms with van der Waals surface area (Å²) in [5.41, 5.74) is 1.74. The molecule has 1 unspecified atom stereocenters. The van der Waals surface area contributed by atoms with Gasteiger partial charge in [0.2, 0.25) is 5.95 Å². The maximum Gasteiger partial charge on any atom is 0.407 e. The smallest absolute Gasteiger partial charge is 0.407 e. The number of fused-ring (bicyclic) bond motifs is 3. The van der Waals surface area contributed by atoms with Crippen LogP contribution in [0, 0.1) is 18.8 Å². The third-order valence-electron chi connectivity index (χ3n) is 8.15. The zero-order valence-corrected chi connectivity index (χ0v) is 27.6. The molecule has 1 N–H and O–H groups in total. The molecule has 4 aromatic rings. The molecule has 4 heterocycles. The number of piperidine rings is 1. The molecule has 2 aliphatic heterocycles. The van der Waals surface area contributed by atoms with Crippen LogP contribution < -0.4 is 26.2 Å². The summed E-state index contributed by atoms with van der Waals surface area (Å²) in [5.74, 6) is 7.68. The van der Waals surface area contributed by atoms with Crippen molar-refractivity contribution in [2.45, 2.75) is 72.2 Å². The van der Waals surface area contributed by atoms with Gasteiger partial charge in [-0.25, -0.2) is 14.6 Å². The number of aliphatic imine (C=N–C) groups is 1. The molecule has 2 aromatic carbocycles. The van der Waals surface area contributed by atoms with E-state index < -0.39 is 22.9 Å². The molecule has 2 aromatic heterocycles. The van der Waals surface area contributed by atoms with Gasteiger partial charge in [-0.1, -0.05) is 29.7 Å². The highest BCUT2D eigenvalue weighted by Crippen LogP contribution is 2.38. The van der Waals surface area contributed by atoms with Crippen LogP contribution in [-0.4, -0.2) is 55.2 Å². The number of anilines is 1. The third kappa shape index (κ3) is 6.38. The van der Waals surface area contributed by atoms with Gasteiger partial charge in [0.1, 0.15) is 17.0 Å². The summed E-state index contributed by atoms with van der Waals surface area (Å²) in [6.45, 7) is 10.4. The maximum atomic E-state index is 14.4. The summed E-state index contributed by atoms with van der Waals surface area (Å²) >= 11 is 0. The molecule has 12 nitrogen and oxygen atoms in total. The summed E-state index contributed by atoms with van der Waals surface area (Å²) < 4.78 is 16.1. The van der Waals surface area contributed by atoms with Crippen molar-refractivity contribution >= 4 is 34.6 Å². The number of benzene rings is 2. The van der Waals surface area contributed by atoms with Gasteiger partial charge in [-0.15, -0.1) is 5.92 Å². The van der Waals surface area contributed by atoms with Crippen molar-refractivity contribution in [2.75, 3.05) is 18.0 Å². The zero-order valence-electron chi connectivity index (χ0n) is 27.6. The average molecular weight is 638 g/mol. The minimum Gasteiger partial charge on any atom is -0.454 e. The van der Waals surface area contributed by atoms with Gasteiger partial charge in [0, 0.05) is 31.7 Å². The topological polar surface area (TPSA) is 125 Å². The van der Waals surface area contributed by atoms with Crippen LogP contribution in [0.5, 0.6) is 11.5 Å². The number of nitrogens with one attached hydrogen (secondary N) is 1. The molecular formula is C35H39N7O5. The Morgan fingerprint density at radius 2 is 1.91 bits per heavy atom. The lowest BCUT2D eigenvalue weighted by Gasteiger charge is -2.34. The first-order valence-electron chi connectivity index (χ1n) is 15.7. The lowest BCUT2D eigenvalue weighted by atomic mass is 10.1. The van der Waals surface area contributed by atoms with Crippen molar-refractivity contribution in [1.29, 1.82) is 0 Å². The summed E-state index contributed by atoms with van der Waals surface area (Å²) in [4.78, 5) is 52.6. The van der Waals surface area contributed by atoms with E-state index in [9.17, 15) is 14.4 Å². The second-order valence-electron chi connectivity index (χ2n) is 12.9. The molecule has 1 amide bonds. The lowest BCUT2D eigenvalue weighted by Crippen LogP contribution is -2.49. The molecule has 0 radical (unpaired) electrons. The highest BCUT2D eigenvalue weighted by Gasteiger charge is 2.30. The Bertz CT molecular complexity index is 2090. The molecule has 0 aliphatic carbocycles. The number of nitrogens with zero attached hydrogens (tertiary/aromatic N) is 6. The monoisotopic (exact) mass is 637 g/mol. The van der Waals surface area contributed by atoms with Gasteiger partial charge in [0.15, 0.2) is 16.9 Å². The van der Waals surface area contributed by atoms with Crippen LogP contribution in [0.3, 0.4) is 0 Å². The van der Waals surface area contributed by atoms with E-state index in [2.05, 4.69) is 17.2 Å². The maximum absolute atomic E-state index is 14.4. The fraction of sp³-hybridized carbons (Fsp3) is 0.400. The van der Waals surface area contributed by atoms with Gasteiger partial charge >= 0.3 is 11.8 Å². The number of aromatic nitrogens is 4. The van der Waals surface area contributed by atoms with Gasteiger partial charge in [-0.2, -0.15) is 4.98 Å². The largest absolute Gasteiger partial charge is 0.454 e. The third-order valence-corrected chi connectivity index (χ3v) is 8.15. The zero-order chi connectivity index (χ0) is 33.5. The first-order chi connectivity index (χ1) is 22.4. The summed E-state index contributed by atoms with van der Waals surface area (Å²) in [6.07, 6.45) is 1.08. The van der Waals surface area contributed by atoms with Gasteiger partial charge in [-0.05, 0) is 71.7 Å². The number of ether oxygens (including phenoxy) is 2. The number of alkyl carbamates (subject to hydrolysis) is 1. The first-order valence-corrected chi connectivity index (χ1v) is 15.7. The van der Waals surface area contributed by atoms with E-state index in [-0.39, 0.29) is 30.3 Å². The van der Waals surface area contributed by atoms with Crippen molar-refractivity contribution < 1.29 is 14.3 Å². The van der Waals surface area contributed by atoms with E-state index in [1.807, 2.05) is 75.1 Å². The summed E-state index contributed by atoms with van der Waals surface area (Å²) in [5, 5.41) is 2.97. The Morgan fingerprint density at radius 3 is 2.68 bits per heavy atom. The molecule has 12 heteroatoms. The molecule has 1 atom stereocenters. The molecule has 0 saturated carbocycles. The number of hydrogen-bond acceptors (Lipinski definition) is 8. The van der Waals surface area contributed by atoms with Crippen LogP contribution >= 0.6 is 0 Å². The van der Waals surface area contributed by atoms with Gasteiger partial charge in [0.05, 0.1) is 18.8 Å². The van der Waals surface area contributed by atoms with Crippen LogP contribution in [0.4, 0.5) is 16.4 Å². The number of carbonyl (C=O) groups excluding carboxylic acids is 1. The van der Waals surface area contributed by atoms with Crippen molar-refractivity contribution in [3.8, 4) is 23.3 Å². The van der Waals surface area contributed by atoms with E-state index in [1.54, 1.807) is 18.5 Å². The number of carbonyl (C=O) groups is 1. The molecule has 47 heavy (non-hydrogen) atoms. The summed E-state index contributed by atoms with van der Waals surface area (Å²) in [6, 6.07) is 13.0. The van der Waals surface area contributed by atoms with Gasteiger partial charge in [-0.3, -0.25) is 18.5 Å². The lowest BCUT2D eigenvalue weighted by molar-refractivity contribution is 0.0499. The predicted octanol–water partition coefficient (Wildman–Crippen LogP) is 4.65. The molecule has 0 spiro atoms. The number of aryl methyl sites for hydroxylation is 2. The van der Waals surface area contributed by atoms with E-state index >= 15 is 0 Å². The van der Waals surface area contributed by atoms with Gasteiger partial charge < -0.3 is 19.7 Å². The Kier molecular flexibility index (Phi) is 8.40. The normalized spacial score (nSPS) is 15.8. The molecule has 0 bridgehead atoms. The van der Waals surface area contributed by atoms with Crippen molar-refractivity contribution in [3.05, 3.63) is 74.4 Å². The van der Waals surface area contributed by atoms with Crippen LogP contribution in [0.2, 0.25) is 0 Å². The SMILES string of the molecule is CC#CCn1c(N2CCCC(NC(=O)OC(C)(C)C)C2)nc2c1c(=O)n(CC1=Nc3ccccc3Oc3ccc(C)cc31)c(=O)n2C. The predicted molar refractivity (Wildman–Crippen MR) is 181 cm³/mol. The van der Waals surface area contributed by atoms with Crippen LogP contribution in [-0.2, 0) is 24.9 Å². The average Bonchev–Trinajstić information content (AvgIpc) is 3.33. The molecule has 244 valence electrons.